The fraction of sp³-hybridized carbons (Fsp3) is 0.538. The molecule has 0 aliphatic rings. The van der Waals surface area contributed by atoms with Gasteiger partial charge in [-0.05, 0) is 33.5 Å². The van der Waals surface area contributed by atoms with Crippen LogP contribution in [0.2, 0.25) is 0 Å². The second-order valence-electron chi connectivity index (χ2n) is 4.48. The lowest BCUT2D eigenvalue weighted by atomic mass is 10.1. The molecule has 1 atom stereocenters. The Balaban J connectivity index is 2.59. The van der Waals surface area contributed by atoms with Gasteiger partial charge in [0.2, 0.25) is 0 Å². The molecule has 0 fully saturated rings. The summed E-state index contributed by atoms with van der Waals surface area (Å²) in [5, 5.41) is 0. The van der Waals surface area contributed by atoms with Gasteiger partial charge in [-0.25, -0.2) is 4.39 Å². The van der Waals surface area contributed by atoms with Crippen LogP contribution in [-0.4, -0.2) is 32.1 Å². The van der Waals surface area contributed by atoms with Crippen LogP contribution in [0.4, 0.5) is 4.39 Å². The maximum absolute atomic E-state index is 13.1. The highest BCUT2D eigenvalue weighted by atomic mass is 19.1. The van der Waals surface area contributed by atoms with Crippen molar-refractivity contribution in [2.75, 3.05) is 27.2 Å². The van der Waals surface area contributed by atoms with E-state index in [1.54, 1.807) is 6.07 Å². The normalized spacial score (nSPS) is 12.8. The van der Waals surface area contributed by atoms with Gasteiger partial charge >= 0.3 is 0 Å². The molecular formula is C13H21FN2O. The first-order chi connectivity index (χ1) is 8.00. The molecule has 0 aliphatic heterocycles. The largest absolute Gasteiger partial charge is 0.493 e. The van der Waals surface area contributed by atoms with Crippen molar-refractivity contribution < 1.29 is 9.13 Å². The van der Waals surface area contributed by atoms with E-state index in [-0.39, 0.29) is 11.9 Å². The molecule has 17 heavy (non-hydrogen) atoms. The van der Waals surface area contributed by atoms with E-state index in [4.69, 9.17) is 10.5 Å². The molecule has 0 saturated heterocycles. The van der Waals surface area contributed by atoms with Crippen molar-refractivity contribution in [2.24, 2.45) is 5.73 Å². The molecule has 0 bridgehead atoms. The molecule has 96 valence electrons. The summed E-state index contributed by atoms with van der Waals surface area (Å²) in [7, 11) is 4.02. The molecule has 0 spiro atoms. The Morgan fingerprint density at radius 1 is 1.41 bits per heavy atom. The Morgan fingerprint density at radius 3 is 2.71 bits per heavy atom. The van der Waals surface area contributed by atoms with E-state index < -0.39 is 0 Å². The van der Waals surface area contributed by atoms with E-state index in [0.717, 1.165) is 18.5 Å². The predicted octanol–water partition coefficient (Wildman–Crippen LogP) is 2.18. The van der Waals surface area contributed by atoms with Crippen LogP contribution in [0.3, 0.4) is 0 Å². The molecule has 0 amide bonds. The Kier molecular flexibility index (Phi) is 5.38. The van der Waals surface area contributed by atoms with E-state index >= 15 is 0 Å². The molecule has 1 aromatic rings. The summed E-state index contributed by atoms with van der Waals surface area (Å²) >= 11 is 0. The number of hydrogen-bond acceptors (Lipinski definition) is 3. The lowest BCUT2D eigenvalue weighted by molar-refractivity contribution is 0.277. The lowest BCUT2D eigenvalue weighted by Crippen LogP contribution is -2.16. The Bertz CT molecular complexity index is 353. The molecule has 4 heteroatoms. The van der Waals surface area contributed by atoms with Crippen LogP contribution in [0.25, 0.3) is 0 Å². The van der Waals surface area contributed by atoms with Crippen LogP contribution < -0.4 is 10.5 Å². The first kappa shape index (κ1) is 13.9. The van der Waals surface area contributed by atoms with Gasteiger partial charge in [-0.1, -0.05) is 6.07 Å². The fourth-order valence-electron chi connectivity index (χ4n) is 1.57. The van der Waals surface area contributed by atoms with Gasteiger partial charge in [0.25, 0.3) is 0 Å². The van der Waals surface area contributed by atoms with Gasteiger partial charge in [-0.2, -0.15) is 0 Å². The molecule has 0 saturated carbocycles. The molecule has 0 radical (unpaired) electrons. The Morgan fingerprint density at radius 2 is 2.12 bits per heavy atom. The molecular weight excluding hydrogens is 219 g/mol. The summed E-state index contributed by atoms with van der Waals surface area (Å²) in [6, 6.07) is 4.33. The number of halogens is 1. The SMILES string of the molecule is C[C@@H](N)c1ccc(F)cc1OCCCN(C)C. The molecule has 0 aromatic heterocycles. The number of nitrogens with zero attached hydrogens (tertiary/aromatic N) is 1. The number of benzene rings is 1. The lowest BCUT2D eigenvalue weighted by Gasteiger charge is -2.15. The van der Waals surface area contributed by atoms with Gasteiger partial charge in [0.1, 0.15) is 11.6 Å². The monoisotopic (exact) mass is 240 g/mol. The number of rotatable bonds is 6. The fourth-order valence-corrected chi connectivity index (χ4v) is 1.57. The minimum atomic E-state index is -0.294. The zero-order valence-electron chi connectivity index (χ0n) is 10.7. The minimum absolute atomic E-state index is 0.153. The van der Waals surface area contributed by atoms with E-state index in [1.165, 1.54) is 12.1 Å². The average molecular weight is 240 g/mol. The van der Waals surface area contributed by atoms with Gasteiger partial charge in [0.05, 0.1) is 6.61 Å². The number of ether oxygens (including phenoxy) is 1. The summed E-state index contributed by atoms with van der Waals surface area (Å²) < 4.78 is 18.7. The van der Waals surface area contributed by atoms with Crippen LogP contribution in [-0.2, 0) is 0 Å². The van der Waals surface area contributed by atoms with Gasteiger partial charge in [-0.3, -0.25) is 0 Å². The Labute approximate surface area is 102 Å². The minimum Gasteiger partial charge on any atom is -0.493 e. The zero-order valence-corrected chi connectivity index (χ0v) is 10.7. The Hall–Kier alpha value is -1.13. The molecule has 1 rings (SSSR count). The zero-order chi connectivity index (χ0) is 12.8. The highest BCUT2D eigenvalue weighted by molar-refractivity contribution is 5.36. The van der Waals surface area contributed by atoms with Crippen LogP contribution >= 0.6 is 0 Å². The highest BCUT2D eigenvalue weighted by Crippen LogP contribution is 2.24. The van der Waals surface area contributed by atoms with Crippen molar-refractivity contribution in [3.8, 4) is 5.75 Å². The summed E-state index contributed by atoms with van der Waals surface area (Å²) in [5.74, 6) is 0.260. The second-order valence-corrected chi connectivity index (χ2v) is 4.48. The number of hydrogen-bond donors (Lipinski definition) is 1. The molecule has 2 N–H and O–H groups in total. The molecule has 0 aliphatic carbocycles. The highest BCUT2D eigenvalue weighted by Gasteiger charge is 2.09. The van der Waals surface area contributed by atoms with Gasteiger partial charge < -0.3 is 15.4 Å². The quantitative estimate of drug-likeness (QED) is 0.774. The van der Waals surface area contributed by atoms with E-state index in [0.29, 0.717) is 12.4 Å². The maximum Gasteiger partial charge on any atom is 0.126 e. The van der Waals surface area contributed by atoms with Crippen LogP contribution in [0.15, 0.2) is 18.2 Å². The van der Waals surface area contributed by atoms with Crippen molar-refractivity contribution in [3.05, 3.63) is 29.6 Å². The molecule has 0 unspecified atom stereocenters. The standard InChI is InChI=1S/C13H21FN2O/c1-10(15)12-6-5-11(14)9-13(12)17-8-4-7-16(2)3/h5-6,9-10H,4,7-8,15H2,1-3H3/t10-/m1/s1. The average Bonchev–Trinajstić information content (AvgIpc) is 2.23. The smallest absolute Gasteiger partial charge is 0.126 e. The first-order valence-electron chi connectivity index (χ1n) is 5.83. The van der Waals surface area contributed by atoms with Crippen molar-refractivity contribution in [3.63, 3.8) is 0 Å². The summed E-state index contributed by atoms with van der Waals surface area (Å²) in [6.07, 6.45) is 0.905. The van der Waals surface area contributed by atoms with Crippen molar-refractivity contribution in [2.45, 2.75) is 19.4 Å². The molecule has 3 nitrogen and oxygen atoms in total. The van der Waals surface area contributed by atoms with Gasteiger partial charge in [0.15, 0.2) is 0 Å². The van der Waals surface area contributed by atoms with Gasteiger partial charge in [-0.15, -0.1) is 0 Å². The van der Waals surface area contributed by atoms with Crippen molar-refractivity contribution >= 4 is 0 Å². The summed E-state index contributed by atoms with van der Waals surface area (Å²) in [5.41, 5.74) is 6.65. The third-order valence-electron chi connectivity index (χ3n) is 2.47. The van der Waals surface area contributed by atoms with E-state index in [2.05, 4.69) is 4.90 Å². The van der Waals surface area contributed by atoms with E-state index in [9.17, 15) is 4.39 Å². The topological polar surface area (TPSA) is 38.5 Å². The van der Waals surface area contributed by atoms with Crippen LogP contribution in [0, 0.1) is 5.82 Å². The number of nitrogens with two attached hydrogens (primary N) is 1. The molecule has 0 heterocycles. The summed E-state index contributed by atoms with van der Waals surface area (Å²) in [4.78, 5) is 2.08. The van der Waals surface area contributed by atoms with Gasteiger partial charge in [0, 0.05) is 24.2 Å². The third kappa shape index (κ3) is 4.71. The molecule has 1 aromatic carbocycles. The van der Waals surface area contributed by atoms with Crippen molar-refractivity contribution in [1.82, 2.24) is 4.90 Å². The van der Waals surface area contributed by atoms with Crippen molar-refractivity contribution in [1.29, 1.82) is 0 Å². The second kappa shape index (κ2) is 6.57. The third-order valence-corrected chi connectivity index (χ3v) is 2.47. The maximum atomic E-state index is 13.1. The first-order valence-corrected chi connectivity index (χ1v) is 5.83. The predicted molar refractivity (Wildman–Crippen MR) is 67.7 cm³/mol. The van der Waals surface area contributed by atoms with Crippen LogP contribution in [0.1, 0.15) is 24.9 Å². The van der Waals surface area contributed by atoms with Crippen LogP contribution in [0.5, 0.6) is 5.75 Å². The van der Waals surface area contributed by atoms with E-state index in [1.807, 2.05) is 21.0 Å². The summed E-state index contributed by atoms with van der Waals surface area (Å²) in [6.45, 7) is 3.38.